The first-order valence-electron chi connectivity index (χ1n) is 8.45. The quantitative estimate of drug-likeness (QED) is 0.841. The Balaban J connectivity index is 1.49. The van der Waals surface area contributed by atoms with Crippen molar-refractivity contribution in [1.29, 1.82) is 0 Å². The molecule has 1 N–H and O–H groups in total. The van der Waals surface area contributed by atoms with E-state index in [-0.39, 0.29) is 6.10 Å². The molecule has 2 bridgehead atoms. The standard InChI is InChI=1S/C17H31NO2/c1-16(2)13-6-7-17(16,3)15(10-13)20-12-14(19)11-18-8-4-5-9-18/h13-15,19H,4-12H2,1-3H3/t13-,14-,15+,17-/m0/s1. The highest BCUT2D eigenvalue weighted by molar-refractivity contribution is 5.11. The molecule has 1 saturated heterocycles. The van der Waals surface area contributed by atoms with Gasteiger partial charge in [-0.2, -0.15) is 0 Å². The van der Waals surface area contributed by atoms with E-state index < -0.39 is 0 Å². The van der Waals surface area contributed by atoms with Crippen LogP contribution in [0.3, 0.4) is 0 Å². The lowest BCUT2D eigenvalue weighted by Crippen LogP contribution is -2.40. The van der Waals surface area contributed by atoms with Gasteiger partial charge in [-0.1, -0.05) is 20.8 Å². The minimum absolute atomic E-state index is 0.311. The number of aliphatic hydroxyl groups excluding tert-OH is 1. The molecule has 3 aliphatic rings. The van der Waals surface area contributed by atoms with Crippen molar-refractivity contribution in [2.45, 2.75) is 65.1 Å². The second-order valence-electron chi connectivity index (χ2n) is 8.09. The molecule has 116 valence electrons. The number of ether oxygens (including phenoxy) is 1. The first kappa shape index (κ1) is 14.8. The van der Waals surface area contributed by atoms with E-state index in [1.165, 1.54) is 32.1 Å². The van der Waals surface area contributed by atoms with Crippen molar-refractivity contribution >= 4 is 0 Å². The summed E-state index contributed by atoms with van der Waals surface area (Å²) in [4.78, 5) is 2.36. The molecule has 4 atom stereocenters. The lowest BCUT2D eigenvalue weighted by atomic mass is 9.70. The van der Waals surface area contributed by atoms with Crippen molar-refractivity contribution in [3.8, 4) is 0 Å². The van der Waals surface area contributed by atoms with Gasteiger partial charge >= 0.3 is 0 Å². The van der Waals surface area contributed by atoms with Gasteiger partial charge in [0.05, 0.1) is 18.8 Å². The number of likely N-dealkylation sites (tertiary alicyclic amines) is 1. The van der Waals surface area contributed by atoms with Gasteiger partial charge in [0.1, 0.15) is 0 Å². The fourth-order valence-corrected chi connectivity index (χ4v) is 4.93. The topological polar surface area (TPSA) is 32.7 Å². The second-order valence-corrected chi connectivity index (χ2v) is 8.09. The summed E-state index contributed by atoms with van der Waals surface area (Å²) in [7, 11) is 0. The largest absolute Gasteiger partial charge is 0.389 e. The van der Waals surface area contributed by atoms with Gasteiger partial charge < -0.3 is 14.7 Å². The highest BCUT2D eigenvalue weighted by atomic mass is 16.5. The van der Waals surface area contributed by atoms with Gasteiger partial charge in [0.25, 0.3) is 0 Å². The maximum Gasteiger partial charge on any atom is 0.0900 e. The molecule has 0 amide bonds. The Morgan fingerprint density at radius 1 is 1.25 bits per heavy atom. The maximum absolute atomic E-state index is 10.2. The van der Waals surface area contributed by atoms with Crippen molar-refractivity contribution in [1.82, 2.24) is 4.90 Å². The molecule has 3 fully saturated rings. The Kier molecular flexibility index (Phi) is 3.89. The number of hydrogen-bond donors (Lipinski definition) is 1. The van der Waals surface area contributed by atoms with Gasteiger partial charge in [0, 0.05) is 6.54 Å². The molecule has 3 heteroatoms. The van der Waals surface area contributed by atoms with E-state index in [2.05, 4.69) is 25.7 Å². The number of rotatable bonds is 5. The molecular formula is C17H31NO2. The highest BCUT2D eigenvalue weighted by Gasteiger charge is 2.61. The third-order valence-corrected chi connectivity index (χ3v) is 6.87. The third kappa shape index (κ3) is 2.32. The number of aliphatic hydroxyl groups is 1. The van der Waals surface area contributed by atoms with Gasteiger partial charge in [0.15, 0.2) is 0 Å². The van der Waals surface area contributed by atoms with Gasteiger partial charge in [-0.15, -0.1) is 0 Å². The molecule has 0 radical (unpaired) electrons. The predicted octanol–water partition coefficient (Wildman–Crippen LogP) is 2.67. The Morgan fingerprint density at radius 2 is 1.95 bits per heavy atom. The second kappa shape index (κ2) is 5.26. The van der Waals surface area contributed by atoms with Crippen LogP contribution in [0.1, 0.15) is 52.9 Å². The third-order valence-electron chi connectivity index (χ3n) is 6.87. The molecule has 2 aliphatic carbocycles. The average Bonchev–Trinajstić information content (AvgIpc) is 3.01. The minimum atomic E-state index is -0.320. The zero-order chi connectivity index (χ0) is 14.4. The molecule has 1 heterocycles. The Hall–Kier alpha value is -0.120. The van der Waals surface area contributed by atoms with Crippen LogP contribution in [0, 0.1) is 16.7 Å². The van der Waals surface area contributed by atoms with Crippen LogP contribution in [0.5, 0.6) is 0 Å². The fraction of sp³-hybridized carbons (Fsp3) is 1.00. The average molecular weight is 281 g/mol. The van der Waals surface area contributed by atoms with E-state index in [1.54, 1.807) is 0 Å². The number of nitrogens with zero attached hydrogens (tertiary/aromatic N) is 1. The van der Waals surface area contributed by atoms with Crippen LogP contribution in [0.15, 0.2) is 0 Å². The summed E-state index contributed by atoms with van der Waals surface area (Å²) in [6.45, 7) is 10.8. The van der Waals surface area contributed by atoms with Crippen molar-refractivity contribution in [2.75, 3.05) is 26.2 Å². The predicted molar refractivity (Wildman–Crippen MR) is 80.6 cm³/mol. The van der Waals surface area contributed by atoms with Crippen LogP contribution in [-0.4, -0.2) is 48.5 Å². The molecule has 3 rings (SSSR count). The fourth-order valence-electron chi connectivity index (χ4n) is 4.93. The van der Waals surface area contributed by atoms with E-state index >= 15 is 0 Å². The van der Waals surface area contributed by atoms with E-state index in [0.29, 0.717) is 23.5 Å². The first-order valence-corrected chi connectivity index (χ1v) is 8.45. The van der Waals surface area contributed by atoms with Gasteiger partial charge in [-0.3, -0.25) is 0 Å². The van der Waals surface area contributed by atoms with Gasteiger partial charge in [0.2, 0.25) is 0 Å². The number of hydrogen-bond acceptors (Lipinski definition) is 3. The monoisotopic (exact) mass is 281 g/mol. The summed E-state index contributed by atoms with van der Waals surface area (Å²) in [5, 5.41) is 10.2. The molecule has 0 aromatic carbocycles. The smallest absolute Gasteiger partial charge is 0.0900 e. The van der Waals surface area contributed by atoms with Crippen LogP contribution in [0.2, 0.25) is 0 Å². The lowest BCUT2D eigenvalue weighted by molar-refractivity contribution is -0.0785. The van der Waals surface area contributed by atoms with E-state index in [4.69, 9.17) is 4.74 Å². The molecule has 0 aromatic heterocycles. The van der Waals surface area contributed by atoms with Crippen LogP contribution in [0.4, 0.5) is 0 Å². The van der Waals surface area contributed by atoms with Crippen LogP contribution >= 0.6 is 0 Å². The van der Waals surface area contributed by atoms with E-state index in [0.717, 1.165) is 25.6 Å². The lowest BCUT2D eigenvalue weighted by Gasteiger charge is -2.39. The van der Waals surface area contributed by atoms with Crippen LogP contribution < -0.4 is 0 Å². The molecule has 0 unspecified atom stereocenters. The summed E-state index contributed by atoms with van der Waals surface area (Å²) in [6.07, 6.45) is 6.44. The van der Waals surface area contributed by atoms with Gasteiger partial charge in [-0.05, 0) is 61.9 Å². The molecule has 0 spiro atoms. The van der Waals surface area contributed by atoms with Gasteiger partial charge in [-0.25, -0.2) is 0 Å². The Labute approximate surface area is 123 Å². The normalized spacial score (nSPS) is 41.4. The molecular weight excluding hydrogens is 250 g/mol. The van der Waals surface area contributed by atoms with Crippen molar-refractivity contribution in [2.24, 2.45) is 16.7 Å². The van der Waals surface area contributed by atoms with Crippen LogP contribution in [-0.2, 0) is 4.74 Å². The summed E-state index contributed by atoms with van der Waals surface area (Å²) >= 11 is 0. The van der Waals surface area contributed by atoms with Crippen molar-refractivity contribution in [3.05, 3.63) is 0 Å². The molecule has 2 saturated carbocycles. The number of β-amino-alcohol motifs (C(OH)–C–C–N with tert-alkyl or cyclic N) is 1. The zero-order valence-corrected chi connectivity index (χ0v) is 13.4. The first-order chi connectivity index (χ1) is 9.43. The Bertz CT molecular complexity index is 351. The molecule has 0 aromatic rings. The molecule has 3 nitrogen and oxygen atoms in total. The SMILES string of the molecule is CC1(C)[C@H]2CC[C@@]1(C)[C@H](OC[C@@H](O)CN1CCCC1)C2. The summed E-state index contributed by atoms with van der Waals surface area (Å²) < 4.78 is 6.17. The van der Waals surface area contributed by atoms with Crippen LogP contribution in [0.25, 0.3) is 0 Å². The zero-order valence-electron chi connectivity index (χ0n) is 13.4. The Morgan fingerprint density at radius 3 is 2.50 bits per heavy atom. The molecule has 1 aliphatic heterocycles. The number of fused-ring (bicyclic) bond motifs is 2. The summed E-state index contributed by atoms with van der Waals surface area (Å²) in [6, 6.07) is 0. The van der Waals surface area contributed by atoms with E-state index in [9.17, 15) is 5.11 Å². The highest BCUT2D eigenvalue weighted by Crippen LogP contribution is 2.66. The maximum atomic E-state index is 10.2. The minimum Gasteiger partial charge on any atom is -0.389 e. The van der Waals surface area contributed by atoms with Crippen molar-refractivity contribution < 1.29 is 9.84 Å². The summed E-state index contributed by atoms with van der Waals surface area (Å²) in [5.41, 5.74) is 0.711. The van der Waals surface area contributed by atoms with Crippen molar-refractivity contribution in [3.63, 3.8) is 0 Å². The summed E-state index contributed by atoms with van der Waals surface area (Å²) in [5.74, 6) is 0.813. The molecule has 20 heavy (non-hydrogen) atoms. The van der Waals surface area contributed by atoms with E-state index in [1.807, 2.05) is 0 Å².